The van der Waals surface area contributed by atoms with Gasteiger partial charge in [-0.05, 0) is 24.4 Å². The van der Waals surface area contributed by atoms with Gasteiger partial charge in [0, 0.05) is 11.3 Å². The molecule has 9 heavy (non-hydrogen) atoms. The molecule has 2 N–H and O–H groups in total. The molecule has 0 aromatic carbocycles. The Morgan fingerprint density at radius 1 is 1.67 bits per heavy atom. The zero-order valence-electron chi connectivity index (χ0n) is 5.00. The standard InChI is InChI=1S/C6H8N2S/c7-5-3-9-8-6(5)4-1-2-4/h3-4H,1-2,7H2. The lowest BCUT2D eigenvalue weighted by Gasteiger charge is -1.88. The lowest BCUT2D eigenvalue weighted by Crippen LogP contribution is -1.87. The van der Waals surface area contributed by atoms with Crippen LogP contribution in [0.15, 0.2) is 5.38 Å². The average Bonchev–Trinajstić information content (AvgIpc) is 2.58. The van der Waals surface area contributed by atoms with E-state index >= 15 is 0 Å². The molecule has 1 aromatic rings. The van der Waals surface area contributed by atoms with E-state index in [-0.39, 0.29) is 0 Å². The second kappa shape index (κ2) is 1.70. The van der Waals surface area contributed by atoms with Crippen LogP contribution in [-0.4, -0.2) is 4.37 Å². The Bertz CT molecular complexity index is 215. The van der Waals surface area contributed by atoms with E-state index in [0.717, 1.165) is 11.4 Å². The van der Waals surface area contributed by atoms with Crippen LogP contribution >= 0.6 is 11.5 Å². The zero-order valence-corrected chi connectivity index (χ0v) is 5.82. The third kappa shape index (κ3) is 0.812. The normalized spacial score (nSPS) is 18.2. The molecule has 0 amide bonds. The van der Waals surface area contributed by atoms with Gasteiger partial charge in [0.1, 0.15) is 0 Å². The van der Waals surface area contributed by atoms with Crippen LogP contribution in [0, 0.1) is 0 Å². The number of hydrogen-bond donors (Lipinski definition) is 1. The van der Waals surface area contributed by atoms with Crippen LogP contribution in [0.4, 0.5) is 5.69 Å². The van der Waals surface area contributed by atoms with Crippen molar-refractivity contribution in [3.05, 3.63) is 11.1 Å². The van der Waals surface area contributed by atoms with Crippen molar-refractivity contribution in [1.82, 2.24) is 4.37 Å². The maximum atomic E-state index is 5.63. The molecule has 1 aliphatic rings. The summed E-state index contributed by atoms with van der Waals surface area (Å²) < 4.78 is 4.19. The van der Waals surface area contributed by atoms with Gasteiger partial charge in [0.15, 0.2) is 0 Å². The first-order chi connectivity index (χ1) is 4.38. The van der Waals surface area contributed by atoms with E-state index in [9.17, 15) is 0 Å². The fourth-order valence-electron chi connectivity index (χ4n) is 0.920. The second-order valence-electron chi connectivity index (χ2n) is 2.43. The van der Waals surface area contributed by atoms with Crippen LogP contribution in [0.2, 0.25) is 0 Å². The number of aromatic nitrogens is 1. The Hall–Kier alpha value is -0.570. The highest BCUT2D eigenvalue weighted by Crippen LogP contribution is 2.42. The molecule has 0 saturated heterocycles. The van der Waals surface area contributed by atoms with Gasteiger partial charge >= 0.3 is 0 Å². The van der Waals surface area contributed by atoms with E-state index in [1.165, 1.54) is 24.4 Å². The van der Waals surface area contributed by atoms with E-state index in [4.69, 9.17) is 5.73 Å². The van der Waals surface area contributed by atoms with Crippen LogP contribution in [0.5, 0.6) is 0 Å². The number of nitrogen functional groups attached to an aromatic ring is 1. The molecule has 3 heteroatoms. The van der Waals surface area contributed by atoms with Gasteiger partial charge in [0.25, 0.3) is 0 Å². The summed E-state index contributed by atoms with van der Waals surface area (Å²) in [4.78, 5) is 0. The molecule has 2 nitrogen and oxygen atoms in total. The highest BCUT2D eigenvalue weighted by atomic mass is 32.1. The lowest BCUT2D eigenvalue weighted by molar-refractivity contribution is 1.08. The molecule has 0 aliphatic heterocycles. The number of nitrogens with zero attached hydrogens (tertiary/aromatic N) is 1. The summed E-state index contributed by atoms with van der Waals surface area (Å²) >= 11 is 1.46. The molecular weight excluding hydrogens is 132 g/mol. The molecule has 0 radical (unpaired) electrons. The topological polar surface area (TPSA) is 38.9 Å². The molecular formula is C6H8N2S. The van der Waals surface area contributed by atoms with Gasteiger partial charge in [-0.2, -0.15) is 4.37 Å². The highest BCUT2D eigenvalue weighted by molar-refractivity contribution is 7.04. The minimum atomic E-state index is 0.705. The van der Waals surface area contributed by atoms with E-state index in [1.54, 1.807) is 0 Å². The molecule has 2 rings (SSSR count). The Morgan fingerprint density at radius 2 is 2.44 bits per heavy atom. The first kappa shape index (κ1) is 5.23. The van der Waals surface area contributed by atoms with Crippen molar-refractivity contribution in [3.63, 3.8) is 0 Å². The monoisotopic (exact) mass is 140 g/mol. The fourth-order valence-corrected chi connectivity index (χ4v) is 1.58. The van der Waals surface area contributed by atoms with Gasteiger partial charge < -0.3 is 5.73 Å². The first-order valence-corrected chi connectivity index (χ1v) is 3.91. The average molecular weight is 140 g/mol. The molecule has 0 unspecified atom stereocenters. The molecule has 0 atom stereocenters. The van der Waals surface area contributed by atoms with Gasteiger partial charge in [-0.1, -0.05) is 0 Å². The largest absolute Gasteiger partial charge is 0.397 e. The summed E-state index contributed by atoms with van der Waals surface area (Å²) in [5, 5.41) is 1.91. The Kier molecular flexibility index (Phi) is 0.990. The number of anilines is 1. The molecule has 1 fully saturated rings. The van der Waals surface area contributed by atoms with Crippen molar-refractivity contribution in [2.45, 2.75) is 18.8 Å². The van der Waals surface area contributed by atoms with Crippen molar-refractivity contribution in [2.24, 2.45) is 0 Å². The third-order valence-corrected chi connectivity index (χ3v) is 2.25. The number of nitrogens with two attached hydrogens (primary N) is 1. The Labute approximate surface area is 57.9 Å². The summed E-state index contributed by atoms with van der Waals surface area (Å²) in [6.07, 6.45) is 2.57. The summed E-state index contributed by atoms with van der Waals surface area (Å²) in [6.45, 7) is 0. The molecule has 1 aliphatic carbocycles. The van der Waals surface area contributed by atoms with E-state index in [0.29, 0.717) is 5.92 Å². The highest BCUT2D eigenvalue weighted by Gasteiger charge is 2.27. The Morgan fingerprint density at radius 3 is 2.89 bits per heavy atom. The SMILES string of the molecule is Nc1csnc1C1CC1. The zero-order chi connectivity index (χ0) is 6.27. The summed E-state index contributed by atoms with van der Waals surface area (Å²) in [6, 6.07) is 0. The summed E-state index contributed by atoms with van der Waals surface area (Å²) in [5.41, 5.74) is 7.66. The van der Waals surface area contributed by atoms with Crippen molar-refractivity contribution < 1.29 is 0 Å². The van der Waals surface area contributed by atoms with Gasteiger partial charge in [-0.25, -0.2) is 0 Å². The predicted molar refractivity (Wildman–Crippen MR) is 38.5 cm³/mol. The number of rotatable bonds is 1. The molecule has 1 heterocycles. The molecule has 1 saturated carbocycles. The fraction of sp³-hybridized carbons (Fsp3) is 0.500. The van der Waals surface area contributed by atoms with Gasteiger partial charge in [0.2, 0.25) is 0 Å². The van der Waals surface area contributed by atoms with Crippen LogP contribution in [0.3, 0.4) is 0 Å². The quantitative estimate of drug-likeness (QED) is 0.643. The summed E-state index contributed by atoms with van der Waals surface area (Å²) in [5.74, 6) is 0.705. The van der Waals surface area contributed by atoms with Crippen LogP contribution in [0.25, 0.3) is 0 Å². The van der Waals surface area contributed by atoms with Gasteiger partial charge in [-0.3, -0.25) is 0 Å². The minimum absolute atomic E-state index is 0.705. The van der Waals surface area contributed by atoms with Crippen LogP contribution < -0.4 is 5.73 Å². The van der Waals surface area contributed by atoms with Crippen molar-refractivity contribution in [3.8, 4) is 0 Å². The Balaban J connectivity index is 2.35. The lowest BCUT2D eigenvalue weighted by atomic mass is 10.3. The molecule has 0 bridgehead atoms. The van der Waals surface area contributed by atoms with Crippen molar-refractivity contribution in [2.75, 3.05) is 5.73 Å². The van der Waals surface area contributed by atoms with E-state index in [1.807, 2.05) is 5.38 Å². The van der Waals surface area contributed by atoms with Gasteiger partial charge in [-0.15, -0.1) is 0 Å². The predicted octanol–water partition coefficient (Wildman–Crippen LogP) is 1.60. The van der Waals surface area contributed by atoms with Crippen molar-refractivity contribution >= 4 is 17.2 Å². The number of hydrogen-bond acceptors (Lipinski definition) is 3. The maximum Gasteiger partial charge on any atom is 0.0802 e. The minimum Gasteiger partial charge on any atom is -0.397 e. The van der Waals surface area contributed by atoms with Crippen LogP contribution in [-0.2, 0) is 0 Å². The maximum absolute atomic E-state index is 5.63. The summed E-state index contributed by atoms with van der Waals surface area (Å²) in [7, 11) is 0. The van der Waals surface area contributed by atoms with Crippen molar-refractivity contribution in [1.29, 1.82) is 0 Å². The molecule has 1 aromatic heterocycles. The van der Waals surface area contributed by atoms with E-state index in [2.05, 4.69) is 4.37 Å². The third-order valence-electron chi connectivity index (χ3n) is 1.59. The van der Waals surface area contributed by atoms with Crippen LogP contribution in [0.1, 0.15) is 24.5 Å². The smallest absolute Gasteiger partial charge is 0.0802 e. The van der Waals surface area contributed by atoms with E-state index < -0.39 is 0 Å². The first-order valence-electron chi connectivity index (χ1n) is 3.07. The second-order valence-corrected chi connectivity index (χ2v) is 3.06. The van der Waals surface area contributed by atoms with Gasteiger partial charge in [0.05, 0.1) is 11.4 Å². The molecule has 0 spiro atoms. The molecule has 48 valence electrons.